The zero-order chi connectivity index (χ0) is 22.1. The van der Waals surface area contributed by atoms with Gasteiger partial charge < -0.3 is 24.8 Å². The summed E-state index contributed by atoms with van der Waals surface area (Å²) in [5.74, 6) is -2.58. The number of nitrogens with zero attached hydrogens (tertiary/aromatic N) is 1. The summed E-state index contributed by atoms with van der Waals surface area (Å²) < 4.78 is 34.4. The number of fused-ring (bicyclic) bond motifs is 1. The Morgan fingerprint density at radius 2 is 1.93 bits per heavy atom. The number of hydrogen-bond acceptors (Lipinski definition) is 6. The van der Waals surface area contributed by atoms with Gasteiger partial charge >= 0.3 is 0 Å². The molecule has 2 atom stereocenters. The minimum absolute atomic E-state index is 0.0693. The van der Waals surface area contributed by atoms with E-state index in [9.17, 15) is 28.6 Å². The molecule has 2 unspecified atom stereocenters. The van der Waals surface area contributed by atoms with Crippen LogP contribution in [0.15, 0.2) is 29.2 Å². The average Bonchev–Trinajstić information content (AvgIpc) is 2.70. The molecule has 2 heterocycles. The molecule has 3 rings (SSSR count). The summed E-state index contributed by atoms with van der Waals surface area (Å²) in [5.41, 5.74) is -1.97. The van der Waals surface area contributed by atoms with Crippen LogP contribution in [0.1, 0.15) is 35.0 Å². The number of pyridine rings is 1. The Morgan fingerprint density at radius 1 is 1.27 bits per heavy atom. The number of benzene rings is 1. The van der Waals surface area contributed by atoms with Gasteiger partial charge in [-0.15, -0.1) is 0 Å². The van der Waals surface area contributed by atoms with Crippen LogP contribution in [0.5, 0.6) is 5.75 Å². The first-order chi connectivity index (χ1) is 14.2. The molecule has 0 saturated heterocycles. The van der Waals surface area contributed by atoms with Crippen molar-refractivity contribution in [1.29, 1.82) is 0 Å². The lowest BCUT2D eigenvalue weighted by atomic mass is 9.73. The van der Waals surface area contributed by atoms with Gasteiger partial charge in [0.05, 0.1) is 18.1 Å². The second kappa shape index (κ2) is 8.63. The van der Waals surface area contributed by atoms with Gasteiger partial charge in [0.1, 0.15) is 17.3 Å². The topological polar surface area (TPSA) is 101 Å². The first-order valence-corrected chi connectivity index (χ1v) is 9.52. The summed E-state index contributed by atoms with van der Waals surface area (Å²) in [6, 6.07) is 3.54. The number of ketones is 1. The zero-order valence-electron chi connectivity index (χ0n) is 16.7. The minimum Gasteiger partial charge on any atom is -0.503 e. The van der Waals surface area contributed by atoms with Crippen molar-refractivity contribution in [1.82, 2.24) is 9.88 Å². The summed E-state index contributed by atoms with van der Waals surface area (Å²) in [5, 5.41) is 22.6. The molecule has 0 saturated carbocycles. The third-order valence-corrected chi connectivity index (χ3v) is 5.73. The van der Waals surface area contributed by atoms with Crippen LogP contribution in [0.25, 0.3) is 0 Å². The van der Waals surface area contributed by atoms with Gasteiger partial charge in [-0.25, -0.2) is 8.78 Å². The number of methoxy groups -OCH3 is 1. The van der Waals surface area contributed by atoms with Gasteiger partial charge in [0.2, 0.25) is 5.43 Å². The maximum atomic E-state index is 13.8. The maximum Gasteiger partial charge on any atom is 0.228 e. The number of hydrogen-bond donors (Lipinski definition) is 3. The molecule has 0 aliphatic carbocycles. The minimum atomic E-state index is -1.09. The smallest absolute Gasteiger partial charge is 0.228 e. The Bertz CT molecular complexity index is 1000. The predicted molar refractivity (Wildman–Crippen MR) is 104 cm³/mol. The van der Waals surface area contributed by atoms with E-state index in [1.165, 1.54) is 23.9 Å². The number of aromatic nitrogens is 1. The van der Waals surface area contributed by atoms with Crippen molar-refractivity contribution >= 4 is 5.78 Å². The molecular weight excluding hydrogens is 398 g/mol. The third kappa shape index (κ3) is 3.76. The third-order valence-electron chi connectivity index (χ3n) is 5.73. The summed E-state index contributed by atoms with van der Waals surface area (Å²) in [7, 11) is 1.45. The predicted octanol–water partition coefficient (Wildman–Crippen LogP) is 1.72. The van der Waals surface area contributed by atoms with Crippen LogP contribution < -0.4 is 10.7 Å². The Morgan fingerprint density at radius 3 is 2.53 bits per heavy atom. The van der Waals surface area contributed by atoms with E-state index in [1.807, 2.05) is 0 Å². The molecule has 1 aromatic heterocycles. The van der Waals surface area contributed by atoms with E-state index >= 15 is 0 Å². The summed E-state index contributed by atoms with van der Waals surface area (Å²) in [6.07, 6.45) is 0.986. The lowest BCUT2D eigenvalue weighted by Crippen LogP contribution is -2.50. The fraction of sp³-hybridized carbons (Fsp3) is 0.429. The van der Waals surface area contributed by atoms with Gasteiger partial charge in [0.15, 0.2) is 11.5 Å². The van der Waals surface area contributed by atoms with Gasteiger partial charge in [-0.05, 0) is 25.5 Å². The summed E-state index contributed by atoms with van der Waals surface area (Å²) in [6.45, 7) is 1.35. The molecule has 3 N–H and O–H groups in total. The van der Waals surface area contributed by atoms with Crippen LogP contribution in [-0.4, -0.2) is 40.4 Å². The Hall–Kier alpha value is -2.62. The highest BCUT2D eigenvalue weighted by Crippen LogP contribution is 2.39. The summed E-state index contributed by atoms with van der Waals surface area (Å²) in [4.78, 5) is 25.6. The molecule has 2 aromatic rings. The van der Waals surface area contributed by atoms with Crippen LogP contribution in [0.4, 0.5) is 8.78 Å². The van der Waals surface area contributed by atoms with E-state index in [0.29, 0.717) is 0 Å². The summed E-state index contributed by atoms with van der Waals surface area (Å²) >= 11 is 0. The van der Waals surface area contributed by atoms with Crippen LogP contribution in [0, 0.1) is 17.0 Å². The molecule has 0 radical (unpaired) electrons. The van der Waals surface area contributed by atoms with E-state index in [-0.39, 0.29) is 49.5 Å². The number of aliphatic hydroxyl groups excluding tert-OH is 1. The monoisotopic (exact) mass is 422 g/mol. The number of rotatable bonds is 7. The van der Waals surface area contributed by atoms with E-state index in [0.717, 1.165) is 12.1 Å². The normalized spacial score (nSPS) is 21.0. The molecule has 0 fully saturated rings. The number of aromatic hydroxyl groups is 1. The second-order valence-electron chi connectivity index (χ2n) is 7.58. The van der Waals surface area contributed by atoms with Gasteiger partial charge in [0, 0.05) is 44.1 Å². The maximum absolute atomic E-state index is 13.8. The molecule has 7 nitrogen and oxygen atoms in total. The van der Waals surface area contributed by atoms with Gasteiger partial charge in [-0.1, -0.05) is 6.07 Å². The van der Waals surface area contributed by atoms with Crippen molar-refractivity contribution in [3.63, 3.8) is 0 Å². The number of halogens is 2. The average molecular weight is 422 g/mol. The second-order valence-corrected chi connectivity index (χ2v) is 7.58. The van der Waals surface area contributed by atoms with E-state index in [2.05, 4.69) is 5.32 Å². The quantitative estimate of drug-likeness (QED) is 0.628. The molecule has 30 heavy (non-hydrogen) atoms. The number of aliphatic hydroxyl groups is 1. The lowest BCUT2D eigenvalue weighted by molar-refractivity contribution is -0.0238. The van der Waals surface area contributed by atoms with Crippen molar-refractivity contribution in [2.45, 2.75) is 39.1 Å². The van der Waals surface area contributed by atoms with E-state index in [1.54, 1.807) is 6.92 Å². The zero-order valence-corrected chi connectivity index (χ0v) is 16.7. The number of carbonyl (C=O) groups is 1. The molecule has 9 heteroatoms. The van der Waals surface area contributed by atoms with Crippen LogP contribution in [0.2, 0.25) is 0 Å². The fourth-order valence-corrected chi connectivity index (χ4v) is 3.88. The standard InChI is InChI=1S/C21H24F2N2O5/c1-21(6-7-26)16(30-2)11-25-10-12(18(27)19(28)17(25)20(21)29)8-24-9-13-14(22)4-3-5-15(13)23/h3-5,10,16,24,26,28H,6-9,11H2,1-2H3. The van der Waals surface area contributed by atoms with Gasteiger partial charge in [-0.3, -0.25) is 9.59 Å². The van der Waals surface area contributed by atoms with Crippen molar-refractivity contribution in [2.75, 3.05) is 13.7 Å². The van der Waals surface area contributed by atoms with Crippen molar-refractivity contribution in [3.8, 4) is 5.75 Å². The first kappa shape index (κ1) is 22.1. The van der Waals surface area contributed by atoms with Crippen LogP contribution >= 0.6 is 0 Å². The molecule has 0 bridgehead atoms. The van der Waals surface area contributed by atoms with Gasteiger partial charge in [-0.2, -0.15) is 0 Å². The Balaban J connectivity index is 1.89. The molecular formula is C21H24F2N2O5. The van der Waals surface area contributed by atoms with Gasteiger partial charge in [0.25, 0.3) is 0 Å². The van der Waals surface area contributed by atoms with E-state index in [4.69, 9.17) is 4.74 Å². The Kier molecular flexibility index (Phi) is 6.35. The van der Waals surface area contributed by atoms with Crippen molar-refractivity contribution < 1.29 is 28.5 Å². The molecule has 1 aliphatic rings. The number of Topliss-reactive ketones (excluding diaryl/α,β-unsaturated/α-hetero) is 1. The SMILES string of the molecule is COC1Cn2cc(CNCc3c(F)cccc3F)c(=O)c(O)c2C(=O)C1(C)CCO. The molecule has 162 valence electrons. The molecule has 0 spiro atoms. The van der Waals surface area contributed by atoms with Crippen molar-refractivity contribution in [2.24, 2.45) is 5.41 Å². The van der Waals surface area contributed by atoms with Crippen LogP contribution in [-0.2, 0) is 24.4 Å². The highest BCUT2D eigenvalue weighted by atomic mass is 19.1. The molecule has 1 aliphatic heterocycles. The number of nitrogens with one attached hydrogen (secondary N) is 1. The van der Waals surface area contributed by atoms with Crippen molar-refractivity contribution in [3.05, 3.63) is 63.1 Å². The largest absolute Gasteiger partial charge is 0.503 e. The first-order valence-electron chi connectivity index (χ1n) is 9.52. The Labute approximate surface area is 171 Å². The van der Waals surface area contributed by atoms with E-state index < -0.39 is 40.1 Å². The highest BCUT2D eigenvalue weighted by molar-refractivity contribution is 6.02. The number of ether oxygens (including phenoxy) is 1. The fourth-order valence-electron chi connectivity index (χ4n) is 3.88. The lowest BCUT2D eigenvalue weighted by Gasteiger charge is -2.40. The molecule has 0 amide bonds. The highest BCUT2D eigenvalue weighted by Gasteiger charge is 2.47. The van der Waals surface area contributed by atoms with Crippen LogP contribution in [0.3, 0.4) is 0 Å². The number of carbonyl (C=O) groups excluding carboxylic acids is 1. The molecule has 1 aromatic carbocycles.